The van der Waals surface area contributed by atoms with Gasteiger partial charge in [-0.1, -0.05) is 23.4 Å². The molecule has 0 saturated heterocycles. The van der Waals surface area contributed by atoms with E-state index in [-0.39, 0.29) is 16.5 Å². The van der Waals surface area contributed by atoms with Crippen molar-refractivity contribution in [3.05, 3.63) is 66.5 Å². The first kappa shape index (κ1) is 17.1. The summed E-state index contributed by atoms with van der Waals surface area (Å²) in [7, 11) is -2.46. The van der Waals surface area contributed by atoms with E-state index in [1.165, 1.54) is 13.2 Å². The lowest BCUT2D eigenvalue weighted by molar-refractivity contribution is 0.403. The molecule has 0 unspecified atom stereocenters. The number of ether oxygens (including phenoxy) is 1. The average Bonchev–Trinajstić information content (AvgIpc) is 3.31. The number of methoxy groups -OCH3 is 1. The Kier molecular flexibility index (Phi) is 4.28. The van der Waals surface area contributed by atoms with Crippen molar-refractivity contribution in [2.24, 2.45) is 0 Å². The summed E-state index contributed by atoms with van der Waals surface area (Å²) in [5.41, 5.74) is 1.44. The number of hydrogen-bond acceptors (Lipinski definition) is 6. The summed E-state index contributed by atoms with van der Waals surface area (Å²) in [6, 6.07) is 13.7. The molecule has 138 valence electrons. The molecule has 0 spiro atoms. The van der Waals surface area contributed by atoms with Crippen LogP contribution in [0.5, 0.6) is 5.75 Å². The van der Waals surface area contributed by atoms with Crippen molar-refractivity contribution >= 4 is 26.8 Å². The summed E-state index contributed by atoms with van der Waals surface area (Å²) < 4.78 is 40.1. The van der Waals surface area contributed by atoms with Crippen molar-refractivity contribution in [3.63, 3.8) is 0 Å². The van der Waals surface area contributed by atoms with Crippen LogP contribution in [0.1, 0.15) is 5.56 Å². The van der Waals surface area contributed by atoms with Crippen LogP contribution >= 0.6 is 0 Å². The number of para-hydroxylation sites is 1. The van der Waals surface area contributed by atoms with E-state index in [2.05, 4.69) is 15.0 Å². The van der Waals surface area contributed by atoms with Crippen molar-refractivity contribution in [1.29, 1.82) is 0 Å². The van der Waals surface area contributed by atoms with E-state index >= 15 is 0 Å². The average molecular weight is 384 g/mol. The Morgan fingerprint density at radius 3 is 2.81 bits per heavy atom. The summed E-state index contributed by atoms with van der Waals surface area (Å²) >= 11 is 0. The van der Waals surface area contributed by atoms with Crippen molar-refractivity contribution in [2.45, 2.75) is 11.4 Å². The summed E-state index contributed by atoms with van der Waals surface area (Å²) in [4.78, 5) is 0.0268. The molecule has 2 heterocycles. The number of anilines is 1. The number of benzene rings is 2. The van der Waals surface area contributed by atoms with E-state index in [0.717, 1.165) is 5.56 Å². The molecule has 0 amide bonds. The van der Waals surface area contributed by atoms with E-state index < -0.39 is 10.0 Å². The van der Waals surface area contributed by atoms with Gasteiger partial charge in [0.1, 0.15) is 10.6 Å². The van der Waals surface area contributed by atoms with Gasteiger partial charge in [-0.3, -0.25) is 9.40 Å². The van der Waals surface area contributed by atoms with Gasteiger partial charge in [0.05, 0.1) is 19.0 Å². The first-order valence-electron chi connectivity index (χ1n) is 8.08. The fourth-order valence-electron chi connectivity index (χ4n) is 2.76. The molecule has 0 aliphatic rings. The third-order valence-electron chi connectivity index (χ3n) is 4.03. The second-order valence-electron chi connectivity index (χ2n) is 5.82. The lowest BCUT2D eigenvalue weighted by Gasteiger charge is -2.09. The zero-order valence-corrected chi connectivity index (χ0v) is 15.2. The van der Waals surface area contributed by atoms with Gasteiger partial charge in [-0.05, 0) is 35.9 Å². The van der Waals surface area contributed by atoms with E-state index in [1.807, 2.05) is 24.4 Å². The van der Waals surface area contributed by atoms with Gasteiger partial charge >= 0.3 is 0 Å². The highest BCUT2D eigenvalue weighted by molar-refractivity contribution is 7.92. The summed E-state index contributed by atoms with van der Waals surface area (Å²) in [6.07, 6.45) is 3.56. The fraction of sp³-hybridized carbons (Fsp3) is 0.111. The Hall–Kier alpha value is -3.33. The lowest BCUT2D eigenvalue weighted by Crippen LogP contribution is -2.14. The highest BCUT2D eigenvalue weighted by Gasteiger charge is 2.22. The molecule has 2 aromatic carbocycles. The standard InChI is InChI=1S/C18H16N4O4S/c1-25-15-5-2-3-6-17(15)27(23,24)21-18-14-8-7-13(11-16(14)26-20-18)12-22-10-4-9-19-22/h2-11H,12H2,1H3,(H,20,21). The predicted octanol–water partition coefficient (Wildman–Crippen LogP) is 2.88. The molecule has 0 fully saturated rings. The molecule has 2 aromatic heterocycles. The Balaban J connectivity index is 1.64. The first-order valence-corrected chi connectivity index (χ1v) is 9.57. The van der Waals surface area contributed by atoms with E-state index in [0.29, 0.717) is 17.5 Å². The second-order valence-corrected chi connectivity index (χ2v) is 7.47. The minimum absolute atomic E-state index is 0.0268. The maximum absolute atomic E-state index is 12.7. The van der Waals surface area contributed by atoms with Gasteiger partial charge in [-0.25, -0.2) is 8.42 Å². The van der Waals surface area contributed by atoms with Crippen LogP contribution in [0.3, 0.4) is 0 Å². The molecule has 0 atom stereocenters. The van der Waals surface area contributed by atoms with E-state index in [4.69, 9.17) is 9.26 Å². The highest BCUT2D eigenvalue weighted by atomic mass is 32.2. The molecule has 4 rings (SSSR count). The predicted molar refractivity (Wildman–Crippen MR) is 99.1 cm³/mol. The van der Waals surface area contributed by atoms with Crippen molar-refractivity contribution in [3.8, 4) is 5.75 Å². The minimum atomic E-state index is -3.88. The number of rotatable bonds is 6. The van der Waals surface area contributed by atoms with Gasteiger partial charge < -0.3 is 9.26 Å². The molecule has 1 N–H and O–H groups in total. The number of nitrogens with one attached hydrogen (secondary N) is 1. The number of hydrogen-bond donors (Lipinski definition) is 1. The number of fused-ring (bicyclic) bond motifs is 1. The Morgan fingerprint density at radius 1 is 1.19 bits per heavy atom. The van der Waals surface area contributed by atoms with Gasteiger partial charge in [0.15, 0.2) is 11.4 Å². The highest BCUT2D eigenvalue weighted by Crippen LogP contribution is 2.29. The van der Waals surface area contributed by atoms with Gasteiger partial charge in [0.25, 0.3) is 10.0 Å². The molecular weight excluding hydrogens is 368 g/mol. The maximum atomic E-state index is 12.7. The van der Waals surface area contributed by atoms with Crippen LogP contribution in [-0.4, -0.2) is 30.5 Å². The monoisotopic (exact) mass is 384 g/mol. The minimum Gasteiger partial charge on any atom is -0.495 e. The normalized spacial score (nSPS) is 11.6. The molecule has 4 aromatic rings. The number of nitrogens with zero attached hydrogens (tertiary/aromatic N) is 3. The summed E-state index contributed by atoms with van der Waals surface area (Å²) in [5, 5.41) is 8.60. The van der Waals surface area contributed by atoms with Crippen molar-refractivity contribution in [2.75, 3.05) is 11.8 Å². The van der Waals surface area contributed by atoms with Crippen LogP contribution in [0, 0.1) is 0 Å². The first-order chi connectivity index (χ1) is 13.1. The topological polar surface area (TPSA) is 99.3 Å². The van der Waals surface area contributed by atoms with Crippen LogP contribution < -0.4 is 9.46 Å². The van der Waals surface area contributed by atoms with Gasteiger partial charge in [0, 0.05) is 12.4 Å². The van der Waals surface area contributed by atoms with E-state index in [9.17, 15) is 8.42 Å². The molecule has 0 saturated carbocycles. The zero-order valence-electron chi connectivity index (χ0n) is 14.4. The van der Waals surface area contributed by atoms with Crippen LogP contribution in [0.2, 0.25) is 0 Å². The zero-order chi connectivity index (χ0) is 18.9. The Morgan fingerprint density at radius 2 is 2.04 bits per heavy atom. The molecule has 0 aliphatic carbocycles. The Labute approximate surface area is 155 Å². The lowest BCUT2D eigenvalue weighted by atomic mass is 10.1. The summed E-state index contributed by atoms with van der Waals surface area (Å²) in [5.74, 6) is 0.376. The van der Waals surface area contributed by atoms with Gasteiger partial charge in [0.2, 0.25) is 0 Å². The van der Waals surface area contributed by atoms with Crippen LogP contribution in [0.4, 0.5) is 5.82 Å². The molecule has 0 aliphatic heterocycles. The number of sulfonamides is 1. The quantitative estimate of drug-likeness (QED) is 0.549. The summed E-state index contributed by atoms with van der Waals surface area (Å²) in [6.45, 7) is 0.575. The third kappa shape index (κ3) is 3.36. The SMILES string of the molecule is COc1ccccc1S(=O)(=O)Nc1noc2cc(Cn3cccn3)ccc12. The maximum Gasteiger partial charge on any atom is 0.266 e. The van der Waals surface area contributed by atoms with E-state index in [1.54, 1.807) is 35.1 Å². The molecule has 0 radical (unpaired) electrons. The molecule has 27 heavy (non-hydrogen) atoms. The van der Waals surface area contributed by atoms with Crippen LogP contribution in [0.25, 0.3) is 11.0 Å². The van der Waals surface area contributed by atoms with Gasteiger partial charge in [-0.2, -0.15) is 5.10 Å². The molecule has 9 heteroatoms. The second kappa shape index (κ2) is 6.76. The molecule has 0 bridgehead atoms. The largest absolute Gasteiger partial charge is 0.495 e. The van der Waals surface area contributed by atoms with Crippen LogP contribution in [0.15, 0.2) is 70.3 Å². The van der Waals surface area contributed by atoms with Crippen LogP contribution in [-0.2, 0) is 16.6 Å². The molecule has 8 nitrogen and oxygen atoms in total. The third-order valence-corrected chi connectivity index (χ3v) is 5.41. The smallest absolute Gasteiger partial charge is 0.266 e. The molecular formula is C18H16N4O4S. The van der Waals surface area contributed by atoms with Gasteiger partial charge in [-0.15, -0.1) is 0 Å². The van der Waals surface area contributed by atoms with Crippen molar-refractivity contribution < 1.29 is 17.7 Å². The van der Waals surface area contributed by atoms with Crippen molar-refractivity contribution in [1.82, 2.24) is 14.9 Å². The fourth-order valence-corrected chi connectivity index (χ4v) is 3.94. The Bertz CT molecular complexity index is 1180. The number of aromatic nitrogens is 3.